The lowest BCUT2D eigenvalue weighted by atomic mass is 9.66. The number of amides is 2. The number of rotatable bonds is 16. The quantitative estimate of drug-likeness (QED) is 0.190. The Balaban J connectivity index is 1.89. The molecule has 2 bridgehead atoms. The number of carbonyl (C=O) groups excluding carboxylic acids is 3. The first-order chi connectivity index (χ1) is 17.7. The number of esters is 1. The number of fused-ring (bicyclic) bond motifs is 1. The molecule has 2 unspecified atom stereocenters. The Morgan fingerprint density at radius 1 is 1.16 bits per heavy atom. The normalized spacial score (nSPS) is 30.0. The monoisotopic (exact) mass is 518 g/mol. The summed E-state index contributed by atoms with van der Waals surface area (Å²) >= 11 is 0. The Hall–Kier alpha value is -2.19. The first-order valence-electron chi connectivity index (χ1n) is 14.0. The van der Waals surface area contributed by atoms with E-state index >= 15 is 0 Å². The molecular formula is C29H46N2O6. The van der Waals surface area contributed by atoms with E-state index in [9.17, 15) is 14.4 Å². The molecule has 0 aromatic carbocycles. The number of unbranched alkanes of at least 4 members (excludes halogenated alkanes) is 5. The molecule has 3 fully saturated rings. The molecular weight excluding hydrogens is 472 g/mol. The van der Waals surface area contributed by atoms with E-state index in [1.807, 2.05) is 26.8 Å². The molecule has 5 atom stereocenters. The van der Waals surface area contributed by atoms with Crippen LogP contribution >= 0.6 is 0 Å². The van der Waals surface area contributed by atoms with E-state index in [1.54, 1.807) is 15.9 Å². The number of nitrogens with zero attached hydrogens (tertiary/aromatic N) is 2. The molecule has 3 heterocycles. The molecule has 1 N–H and O–H groups in total. The maximum absolute atomic E-state index is 14.1. The van der Waals surface area contributed by atoms with Gasteiger partial charge >= 0.3 is 5.97 Å². The Kier molecular flexibility index (Phi) is 9.98. The van der Waals surface area contributed by atoms with Crippen molar-refractivity contribution in [2.75, 3.05) is 26.3 Å². The average molecular weight is 519 g/mol. The minimum Gasteiger partial charge on any atom is -0.465 e. The maximum Gasteiger partial charge on any atom is 0.312 e. The van der Waals surface area contributed by atoms with Crippen molar-refractivity contribution in [1.29, 1.82) is 0 Å². The molecule has 0 radical (unpaired) electrons. The van der Waals surface area contributed by atoms with E-state index in [0.717, 1.165) is 38.5 Å². The fraction of sp³-hybridized carbons (Fsp3) is 0.759. The summed E-state index contributed by atoms with van der Waals surface area (Å²) in [6.07, 6.45) is 10.3. The van der Waals surface area contributed by atoms with Gasteiger partial charge in [0.05, 0.1) is 18.1 Å². The number of allylic oxidation sites excluding steroid dienone is 1. The highest BCUT2D eigenvalue weighted by atomic mass is 16.6. The zero-order chi connectivity index (χ0) is 27.2. The summed E-state index contributed by atoms with van der Waals surface area (Å²) in [6.45, 7) is 14.6. The van der Waals surface area contributed by atoms with Gasteiger partial charge in [0.15, 0.2) is 0 Å². The number of ether oxygens (including phenoxy) is 2. The van der Waals surface area contributed by atoms with Crippen LogP contribution in [0.4, 0.5) is 0 Å². The molecule has 1 spiro atoms. The molecule has 3 saturated heterocycles. The molecule has 0 aromatic heterocycles. The predicted molar refractivity (Wildman–Crippen MR) is 142 cm³/mol. The van der Waals surface area contributed by atoms with Crippen LogP contribution in [-0.4, -0.2) is 82.3 Å². The molecule has 0 saturated carbocycles. The largest absolute Gasteiger partial charge is 0.465 e. The van der Waals surface area contributed by atoms with Crippen molar-refractivity contribution in [2.45, 2.75) is 102 Å². The summed E-state index contributed by atoms with van der Waals surface area (Å²) in [5, 5.41) is 9.10. The highest BCUT2D eigenvalue weighted by molar-refractivity contribution is 5.98. The number of likely N-dealkylation sites (tertiary alicyclic amines) is 1. The fourth-order valence-corrected chi connectivity index (χ4v) is 6.56. The van der Waals surface area contributed by atoms with Crippen molar-refractivity contribution < 1.29 is 29.0 Å². The smallest absolute Gasteiger partial charge is 0.312 e. The van der Waals surface area contributed by atoms with Gasteiger partial charge in [-0.05, 0) is 65.7 Å². The molecule has 8 nitrogen and oxygen atoms in total. The van der Waals surface area contributed by atoms with Crippen LogP contribution in [0.2, 0.25) is 0 Å². The van der Waals surface area contributed by atoms with Crippen LogP contribution in [0, 0.1) is 11.8 Å². The van der Waals surface area contributed by atoms with Crippen molar-refractivity contribution in [1.82, 2.24) is 9.80 Å². The zero-order valence-electron chi connectivity index (χ0n) is 23.0. The van der Waals surface area contributed by atoms with Crippen LogP contribution in [0.15, 0.2) is 25.3 Å². The fourth-order valence-electron chi connectivity index (χ4n) is 6.56. The van der Waals surface area contributed by atoms with Gasteiger partial charge in [-0.15, -0.1) is 13.2 Å². The van der Waals surface area contributed by atoms with Crippen LogP contribution < -0.4 is 0 Å². The SMILES string of the molecule is C=CCCCCOC(=O)[C@@H]1[C@H]2C(=O)N(CCCCCCO)C(C(=O)N(CC=C)C(C)C)C23CC[C@@]1(C)O3. The van der Waals surface area contributed by atoms with E-state index < -0.39 is 35.0 Å². The predicted octanol–water partition coefficient (Wildman–Crippen LogP) is 3.63. The maximum atomic E-state index is 14.1. The standard InChI is InChI=1S/C29H46N2O6/c1-6-8-9-14-20-36-27(35)23-22-25(33)31(18-12-10-11-13-19-32)24(26(34)30(17-7-2)21(3)4)29(22)16-15-28(23,5)37-29/h6-7,21-24,32H,1-2,8-20H2,3-5H3/t22-,23-,24?,28+,29?/m0/s1. The highest BCUT2D eigenvalue weighted by Crippen LogP contribution is 2.63. The van der Waals surface area contributed by atoms with Crippen molar-refractivity contribution in [3.05, 3.63) is 25.3 Å². The summed E-state index contributed by atoms with van der Waals surface area (Å²) in [5.41, 5.74) is -1.86. The van der Waals surface area contributed by atoms with Crippen LogP contribution in [0.1, 0.15) is 78.6 Å². The van der Waals surface area contributed by atoms with Crippen LogP contribution in [0.3, 0.4) is 0 Å². The lowest BCUT2D eigenvalue weighted by Gasteiger charge is -2.38. The Bertz CT molecular complexity index is 859. The summed E-state index contributed by atoms with van der Waals surface area (Å²) < 4.78 is 12.3. The van der Waals surface area contributed by atoms with Gasteiger partial charge in [0.2, 0.25) is 11.8 Å². The Morgan fingerprint density at radius 3 is 2.54 bits per heavy atom. The van der Waals surface area contributed by atoms with Crippen molar-refractivity contribution in [3.63, 3.8) is 0 Å². The molecule has 3 aliphatic heterocycles. The van der Waals surface area contributed by atoms with Gasteiger partial charge in [-0.3, -0.25) is 14.4 Å². The number of hydrogen-bond donors (Lipinski definition) is 1. The van der Waals surface area contributed by atoms with Crippen molar-refractivity contribution >= 4 is 17.8 Å². The van der Waals surface area contributed by atoms with Gasteiger partial charge in [-0.1, -0.05) is 25.0 Å². The topological polar surface area (TPSA) is 96.4 Å². The molecule has 37 heavy (non-hydrogen) atoms. The van der Waals surface area contributed by atoms with Crippen molar-refractivity contribution in [3.8, 4) is 0 Å². The second-order valence-corrected chi connectivity index (χ2v) is 11.2. The summed E-state index contributed by atoms with van der Waals surface area (Å²) in [5.74, 6) is -2.18. The van der Waals surface area contributed by atoms with Gasteiger partial charge in [0, 0.05) is 25.7 Å². The van der Waals surface area contributed by atoms with E-state index in [0.29, 0.717) is 39.0 Å². The van der Waals surface area contributed by atoms with Gasteiger partial charge < -0.3 is 24.4 Å². The molecule has 2 amide bonds. The number of aliphatic hydroxyl groups excluding tert-OH is 1. The number of aliphatic hydroxyl groups is 1. The summed E-state index contributed by atoms with van der Waals surface area (Å²) in [4.78, 5) is 44.9. The molecule has 208 valence electrons. The second-order valence-electron chi connectivity index (χ2n) is 11.2. The molecule has 3 aliphatic rings. The lowest BCUT2D eigenvalue weighted by Crippen LogP contribution is -2.57. The Labute approximate surface area is 222 Å². The van der Waals surface area contributed by atoms with E-state index in [4.69, 9.17) is 14.6 Å². The molecule has 3 rings (SSSR count). The number of carbonyl (C=O) groups is 3. The van der Waals surface area contributed by atoms with Crippen LogP contribution in [-0.2, 0) is 23.9 Å². The molecule has 0 aliphatic carbocycles. The van der Waals surface area contributed by atoms with E-state index in [-0.39, 0.29) is 24.5 Å². The van der Waals surface area contributed by atoms with E-state index in [1.165, 1.54) is 0 Å². The van der Waals surface area contributed by atoms with Crippen LogP contribution in [0.5, 0.6) is 0 Å². The van der Waals surface area contributed by atoms with Gasteiger partial charge in [0.1, 0.15) is 17.6 Å². The third-order valence-electron chi connectivity index (χ3n) is 8.35. The summed E-state index contributed by atoms with van der Waals surface area (Å²) in [6, 6.07) is -0.856. The zero-order valence-corrected chi connectivity index (χ0v) is 23.0. The molecule has 8 heteroatoms. The summed E-state index contributed by atoms with van der Waals surface area (Å²) in [7, 11) is 0. The average Bonchev–Trinajstić information content (AvgIpc) is 3.42. The highest BCUT2D eigenvalue weighted by Gasteiger charge is 2.78. The Morgan fingerprint density at radius 2 is 1.89 bits per heavy atom. The second kappa shape index (κ2) is 12.6. The minimum absolute atomic E-state index is 0.0760. The van der Waals surface area contributed by atoms with Gasteiger partial charge in [-0.25, -0.2) is 0 Å². The lowest BCUT2D eigenvalue weighted by molar-refractivity contribution is -0.160. The first-order valence-corrected chi connectivity index (χ1v) is 14.0. The third-order valence-corrected chi connectivity index (χ3v) is 8.35. The number of hydrogen-bond acceptors (Lipinski definition) is 6. The van der Waals surface area contributed by atoms with E-state index in [2.05, 4.69) is 13.2 Å². The van der Waals surface area contributed by atoms with Crippen molar-refractivity contribution in [2.24, 2.45) is 11.8 Å². The third kappa shape index (κ3) is 5.65. The van der Waals surface area contributed by atoms with Gasteiger partial charge in [0.25, 0.3) is 0 Å². The van der Waals surface area contributed by atoms with Crippen LogP contribution in [0.25, 0.3) is 0 Å². The molecule has 0 aromatic rings. The minimum atomic E-state index is -1.03. The van der Waals surface area contributed by atoms with Gasteiger partial charge in [-0.2, -0.15) is 0 Å². The first kappa shape index (κ1) is 29.4.